The standard InChI is InChI=1S/C16H12N4O5S/c17-26(24,25)10-7-5-9(6-8-10)18-15(21)13-14(16(22)23)20-12-4-2-1-3-11(12)19-13/h1-8H,(H,18,21)(H,22,23)(H2,17,24,25). The number of aromatic nitrogens is 2. The van der Waals surface area contributed by atoms with Crippen LogP contribution in [0.4, 0.5) is 5.69 Å². The lowest BCUT2D eigenvalue weighted by Crippen LogP contribution is -2.20. The Morgan fingerprint density at radius 1 is 0.923 bits per heavy atom. The number of carbonyl (C=O) groups is 2. The van der Waals surface area contributed by atoms with Gasteiger partial charge in [-0.1, -0.05) is 12.1 Å². The van der Waals surface area contributed by atoms with Crippen LogP contribution in [0, 0.1) is 0 Å². The topological polar surface area (TPSA) is 152 Å². The van der Waals surface area contributed by atoms with Crippen molar-refractivity contribution in [3.63, 3.8) is 0 Å². The molecule has 0 aliphatic heterocycles. The molecule has 0 aliphatic carbocycles. The maximum atomic E-state index is 12.4. The highest BCUT2D eigenvalue weighted by Crippen LogP contribution is 2.17. The normalized spacial score (nSPS) is 11.3. The highest BCUT2D eigenvalue weighted by atomic mass is 32.2. The summed E-state index contributed by atoms with van der Waals surface area (Å²) in [6, 6.07) is 11.6. The first kappa shape index (κ1) is 17.5. The predicted molar refractivity (Wildman–Crippen MR) is 92.3 cm³/mol. The third kappa shape index (κ3) is 3.50. The van der Waals surface area contributed by atoms with E-state index in [-0.39, 0.29) is 16.3 Å². The summed E-state index contributed by atoms with van der Waals surface area (Å²) in [4.78, 5) is 31.8. The van der Waals surface area contributed by atoms with Crippen molar-refractivity contribution in [1.29, 1.82) is 0 Å². The van der Waals surface area contributed by atoms with E-state index in [1.807, 2.05) is 0 Å². The van der Waals surface area contributed by atoms with Gasteiger partial charge in [0.15, 0.2) is 11.4 Å². The number of carbonyl (C=O) groups excluding carboxylic acids is 1. The third-order valence-electron chi connectivity index (χ3n) is 3.43. The molecule has 0 fully saturated rings. The van der Waals surface area contributed by atoms with E-state index in [0.717, 1.165) is 0 Å². The monoisotopic (exact) mass is 372 g/mol. The van der Waals surface area contributed by atoms with Gasteiger partial charge in [0.05, 0.1) is 15.9 Å². The van der Waals surface area contributed by atoms with Gasteiger partial charge in [-0.05, 0) is 36.4 Å². The summed E-state index contributed by atoms with van der Waals surface area (Å²) >= 11 is 0. The van der Waals surface area contributed by atoms with E-state index in [2.05, 4.69) is 15.3 Å². The third-order valence-corrected chi connectivity index (χ3v) is 4.36. The lowest BCUT2D eigenvalue weighted by Gasteiger charge is -2.08. The largest absolute Gasteiger partial charge is 0.476 e. The number of para-hydroxylation sites is 2. The molecule has 26 heavy (non-hydrogen) atoms. The van der Waals surface area contributed by atoms with Crippen molar-refractivity contribution in [2.45, 2.75) is 4.90 Å². The highest BCUT2D eigenvalue weighted by Gasteiger charge is 2.21. The summed E-state index contributed by atoms with van der Waals surface area (Å²) < 4.78 is 22.5. The molecule has 3 aromatic rings. The van der Waals surface area contributed by atoms with E-state index in [0.29, 0.717) is 11.0 Å². The second-order valence-corrected chi connectivity index (χ2v) is 6.80. The molecule has 0 radical (unpaired) electrons. The van der Waals surface area contributed by atoms with Crippen LogP contribution in [-0.4, -0.2) is 35.4 Å². The van der Waals surface area contributed by atoms with Crippen LogP contribution < -0.4 is 10.5 Å². The molecule has 1 heterocycles. The number of amides is 1. The average molecular weight is 372 g/mol. The Bertz CT molecular complexity index is 1130. The number of carboxylic acid groups (broad SMARTS) is 1. The Kier molecular flexibility index (Phi) is 4.36. The molecule has 0 saturated heterocycles. The number of benzene rings is 2. The van der Waals surface area contributed by atoms with Gasteiger partial charge in [0.1, 0.15) is 0 Å². The lowest BCUT2D eigenvalue weighted by atomic mass is 10.2. The average Bonchev–Trinajstić information content (AvgIpc) is 2.60. The highest BCUT2D eigenvalue weighted by molar-refractivity contribution is 7.89. The predicted octanol–water partition coefficient (Wildman–Crippen LogP) is 1.23. The summed E-state index contributed by atoms with van der Waals surface area (Å²) in [5, 5.41) is 16.8. The number of sulfonamides is 1. The van der Waals surface area contributed by atoms with Crippen molar-refractivity contribution in [2.75, 3.05) is 5.32 Å². The molecule has 0 spiro atoms. The van der Waals surface area contributed by atoms with Crippen LogP contribution >= 0.6 is 0 Å². The van der Waals surface area contributed by atoms with Crippen molar-refractivity contribution in [1.82, 2.24) is 9.97 Å². The smallest absolute Gasteiger partial charge is 0.357 e. The van der Waals surface area contributed by atoms with Gasteiger partial charge >= 0.3 is 5.97 Å². The fraction of sp³-hybridized carbons (Fsp3) is 0. The van der Waals surface area contributed by atoms with Gasteiger partial charge in [-0.3, -0.25) is 4.79 Å². The first-order valence-electron chi connectivity index (χ1n) is 7.20. The lowest BCUT2D eigenvalue weighted by molar-refractivity contribution is 0.0685. The molecular weight excluding hydrogens is 360 g/mol. The summed E-state index contributed by atoms with van der Waals surface area (Å²) in [6.07, 6.45) is 0. The number of nitrogens with one attached hydrogen (secondary N) is 1. The van der Waals surface area contributed by atoms with Crippen molar-refractivity contribution in [3.05, 3.63) is 59.9 Å². The minimum atomic E-state index is -3.86. The summed E-state index contributed by atoms with van der Waals surface area (Å²) in [7, 11) is -3.86. The van der Waals surface area contributed by atoms with Crippen molar-refractivity contribution in [2.24, 2.45) is 5.14 Å². The molecule has 1 amide bonds. The number of carboxylic acids is 1. The molecule has 0 saturated carbocycles. The van der Waals surface area contributed by atoms with Gasteiger partial charge in [0, 0.05) is 5.69 Å². The van der Waals surface area contributed by atoms with E-state index < -0.39 is 27.6 Å². The van der Waals surface area contributed by atoms with Gasteiger partial charge in [-0.25, -0.2) is 28.3 Å². The first-order valence-corrected chi connectivity index (χ1v) is 8.74. The maximum absolute atomic E-state index is 12.4. The molecular formula is C16H12N4O5S. The van der Waals surface area contributed by atoms with E-state index in [1.54, 1.807) is 24.3 Å². The van der Waals surface area contributed by atoms with Crippen LogP contribution in [0.3, 0.4) is 0 Å². The van der Waals surface area contributed by atoms with Crippen LogP contribution in [0.1, 0.15) is 21.0 Å². The minimum Gasteiger partial charge on any atom is -0.476 e. The molecule has 2 aromatic carbocycles. The fourth-order valence-corrected chi connectivity index (χ4v) is 2.74. The number of nitrogens with zero attached hydrogens (tertiary/aromatic N) is 2. The number of hydrogen-bond acceptors (Lipinski definition) is 6. The van der Waals surface area contributed by atoms with Crippen molar-refractivity contribution < 1.29 is 23.1 Å². The summed E-state index contributed by atoms with van der Waals surface area (Å²) in [5.74, 6) is -2.18. The minimum absolute atomic E-state index is 0.118. The zero-order chi connectivity index (χ0) is 18.9. The van der Waals surface area contributed by atoms with Gasteiger partial charge in [0.2, 0.25) is 10.0 Å². The van der Waals surface area contributed by atoms with Crippen LogP contribution in [0.2, 0.25) is 0 Å². The van der Waals surface area contributed by atoms with Crippen molar-refractivity contribution >= 4 is 38.6 Å². The Balaban J connectivity index is 1.96. The molecule has 9 nitrogen and oxygen atoms in total. The Labute approximate surface area is 147 Å². The number of aromatic carboxylic acids is 1. The second kappa shape index (κ2) is 6.50. The molecule has 4 N–H and O–H groups in total. The molecule has 3 rings (SSSR count). The number of primary sulfonamides is 1. The van der Waals surface area contributed by atoms with E-state index in [1.165, 1.54) is 24.3 Å². The van der Waals surface area contributed by atoms with Gasteiger partial charge in [-0.2, -0.15) is 0 Å². The molecule has 132 valence electrons. The van der Waals surface area contributed by atoms with Crippen LogP contribution in [-0.2, 0) is 10.0 Å². The SMILES string of the molecule is NS(=O)(=O)c1ccc(NC(=O)c2nc3ccccc3nc2C(=O)O)cc1. The Morgan fingerprint density at radius 2 is 1.46 bits per heavy atom. The van der Waals surface area contributed by atoms with E-state index >= 15 is 0 Å². The molecule has 10 heteroatoms. The number of rotatable bonds is 4. The fourth-order valence-electron chi connectivity index (χ4n) is 2.23. The Morgan fingerprint density at radius 3 is 1.96 bits per heavy atom. The second-order valence-electron chi connectivity index (χ2n) is 5.24. The van der Waals surface area contributed by atoms with E-state index in [4.69, 9.17) is 5.14 Å². The van der Waals surface area contributed by atoms with E-state index in [9.17, 15) is 23.1 Å². The van der Waals surface area contributed by atoms with Gasteiger partial charge < -0.3 is 10.4 Å². The zero-order valence-electron chi connectivity index (χ0n) is 13.1. The molecule has 0 unspecified atom stereocenters. The first-order chi connectivity index (χ1) is 12.3. The number of nitrogens with two attached hydrogens (primary N) is 1. The number of fused-ring (bicyclic) bond motifs is 1. The quantitative estimate of drug-likeness (QED) is 0.622. The number of anilines is 1. The zero-order valence-corrected chi connectivity index (χ0v) is 13.9. The van der Waals surface area contributed by atoms with Gasteiger partial charge in [0.25, 0.3) is 5.91 Å². The van der Waals surface area contributed by atoms with Gasteiger partial charge in [-0.15, -0.1) is 0 Å². The molecule has 0 aliphatic rings. The maximum Gasteiger partial charge on any atom is 0.357 e. The van der Waals surface area contributed by atoms with Crippen LogP contribution in [0.25, 0.3) is 11.0 Å². The molecule has 0 bridgehead atoms. The number of hydrogen-bond donors (Lipinski definition) is 3. The van der Waals surface area contributed by atoms with Crippen molar-refractivity contribution in [3.8, 4) is 0 Å². The Hall–Kier alpha value is -3.37. The summed E-state index contributed by atoms with van der Waals surface area (Å²) in [5.41, 5.74) is 0.119. The molecule has 0 atom stereocenters. The van der Waals surface area contributed by atoms with Crippen LogP contribution in [0.15, 0.2) is 53.4 Å². The summed E-state index contributed by atoms with van der Waals surface area (Å²) in [6.45, 7) is 0. The van der Waals surface area contributed by atoms with Crippen LogP contribution in [0.5, 0.6) is 0 Å². The molecule has 1 aromatic heterocycles.